The first-order chi connectivity index (χ1) is 14.9. The van der Waals surface area contributed by atoms with Gasteiger partial charge in [-0.15, -0.1) is 0 Å². The number of nitrogens with one attached hydrogen (secondary N) is 1. The van der Waals surface area contributed by atoms with Gasteiger partial charge in [-0.2, -0.15) is 0 Å². The Morgan fingerprint density at radius 3 is 2.74 bits per heavy atom. The maximum atomic E-state index is 12.7. The van der Waals surface area contributed by atoms with Crippen LogP contribution in [0.15, 0.2) is 48.8 Å². The summed E-state index contributed by atoms with van der Waals surface area (Å²) in [5.74, 6) is 0.759. The molecule has 4 rings (SSSR count). The number of carbonyl (C=O) groups is 1. The number of nitrogens with zero attached hydrogens (tertiary/aromatic N) is 4. The van der Waals surface area contributed by atoms with Gasteiger partial charge in [0, 0.05) is 36.4 Å². The Bertz CT molecular complexity index is 1270. The predicted molar refractivity (Wildman–Crippen MR) is 121 cm³/mol. The normalized spacial score (nSPS) is 10.9. The second-order valence-corrected chi connectivity index (χ2v) is 7.76. The van der Waals surface area contributed by atoms with Crippen LogP contribution in [0.25, 0.3) is 10.9 Å². The number of aromatic nitrogens is 4. The monoisotopic (exact) mass is 432 g/mol. The Labute approximate surface area is 184 Å². The number of nitrogen functional groups attached to an aromatic ring is 1. The van der Waals surface area contributed by atoms with Crippen LogP contribution in [0, 0.1) is 13.8 Å². The SMILES string of the molecule is Cc1cc(N)nc(C)c1CNC(=O)c1ccnc(Cc2ccc3ncc(Cl)cc3c2)n1. The molecule has 3 N–H and O–H groups in total. The van der Waals surface area contributed by atoms with Crippen molar-refractivity contribution < 1.29 is 4.79 Å². The fraction of sp³-hybridized carbons (Fsp3) is 0.174. The lowest BCUT2D eigenvalue weighted by molar-refractivity contribution is 0.0945. The maximum absolute atomic E-state index is 12.7. The van der Waals surface area contributed by atoms with E-state index in [9.17, 15) is 4.79 Å². The lowest BCUT2D eigenvalue weighted by atomic mass is 10.1. The first-order valence-corrected chi connectivity index (χ1v) is 10.1. The summed E-state index contributed by atoms with van der Waals surface area (Å²) in [6.45, 7) is 4.17. The van der Waals surface area contributed by atoms with Crippen LogP contribution < -0.4 is 11.1 Å². The number of anilines is 1. The molecule has 0 spiro atoms. The van der Waals surface area contributed by atoms with Gasteiger partial charge in [-0.1, -0.05) is 17.7 Å². The number of hydrogen-bond donors (Lipinski definition) is 2. The van der Waals surface area contributed by atoms with Crippen molar-refractivity contribution in [1.82, 2.24) is 25.3 Å². The van der Waals surface area contributed by atoms with E-state index >= 15 is 0 Å². The maximum Gasteiger partial charge on any atom is 0.270 e. The molecule has 0 saturated carbocycles. The van der Waals surface area contributed by atoms with E-state index in [1.165, 1.54) is 0 Å². The van der Waals surface area contributed by atoms with Gasteiger partial charge in [-0.3, -0.25) is 9.78 Å². The molecule has 8 heteroatoms. The zero-order chi connectivity index (χ0) is 22.0. The number of hydrogen-bond acceptors (Lipinski definition) is 6. The molecule has 0 aliphatic rings. The van der Waals surface area contributed by atoms with E-state index in [-0.39, 0.29) is 5.91 Å². The highest BCUT2D eigenvalue weighted by atomic mass is 35.5. The largest absolute Gasteiger partial charge is 0.384 e. The van der Waals surface area contributed by atoms with Crippen molar-refractivity contribution >= 4 is 34.2 Å². The van der Waals surface area contributed by atoms with Crippen molar-refractivity contribution in [3.05, 3.63) is 87.7 Å². The third-order valence-electron chi connectivity index (χ3n) is 5.01. The van der Waals surface area contributed by atoms with Crippen molar-refractivity contribution in [1.29, 1.82) is 0 Å². The van der Waals surface area contributed by atoms with Crippen molar-refractivity contribution in [2.24, 2.45) is 0 Å². The molecule has 0 fully saturated rings. The minimum Gasteiger partial charge on any atom is -0.384 e. The topological polar surface area (TPSA) is 107 Å². The van der Waals surface area contributed by atoms with E-state index in [4.69, 9.17) is 17.3 Å². The first kappa shape index (κ1) is 20.7. The van der Waals surface area contributed by atoms with Gasteiger partial charge in [0.1, 0.15) is 17.3 Å². The second kappa shape index (κ2) is 8.65. The van der Waals surface area contributed by atoms with Gasteiger partial charge in [0.25, 0.3) is 5.91 Å². The number of pyridine rings is 2. The molecule has 1 amide bonds. The number of nitrogens with two attached hydrogens (primary N) is 1. The van der Waals surface area contributed by atoms with Crippen LogP contribution in [0.3, 0.4) is 0 Å². The van der Waals surface area contributed by atoms with Gasteiger partial charge in [0.2, 0.25) is 0 Å². The molecule has 3 aromatic heterocycles. The Morgan fingerprint density at radius 2 is 1.94 bits per heavy atom. The van der Waals surface area contributed by atoms with Crippen molar-refractivity contribution in [2.75, 3.05) is 5.73 Å². The average Bonchev–Trinajstić information content (AvgIpc) is 2.72. The van der Waals surface area contributed by atoms with Crippen molar-refractivity contribution in [3.63, 3.8) is 0 Å². The molecule has 7 nitrogen and oxygen atoms in total. The Balaban J connectivity index is 1.48. The van der Waals surface area contributed by atoms with Crippen LogP contribution in [0.1, 0.15) is 38.7 Å². The Morgan fingerprint density at radius 1 is 1.10 bits per heavy atom. The summed E-state index contributed by atoms with van der Waals surface area (Å²) >= 11 is 6.05. The van der Waals surface area contributed by atoms with E-state index in [0.717, 1.165) is 33.3 Å². The third-order valence-corrected chi connectivity index (χ3v) is 5.22. The lowest BCUT2D eigenvalue weighted by Crippen LogP contribution is -2.25. The molecule has 0 aliphatic heterocycles. The molecule has 0 saturated heterocycles. The number of carbonyl (C=O) groups excluding carboxylic acids is 1. The minimum atomic E-state index is -0.270. The van der Waals surface area contributed by atoms with Gasteiger partial charge < -0.3 is 11.1 Å². The molecule has 0 bridgehead atoms. The van der Waals surface area contributed by atoms with E-state index in [1.54, 1.807) is 24.5 Å². The smallest absolute Gasteiger partial charge is 0.270 e. The molecular formula is C23H21ClN6O. The predicted octanol–water partition coefficient (Wildman–Crippen LogP) is 3.79. The molecule has 0 unspecified atom stereocenters. The van der Waals surface area contributed by atoms with E-state index in [1.807, 2.05) is 38.1 Å². The van der Waals surface area contributed by atoms with Crippen LogP contribution in [0.4, 0.5) is 5.82 Å². The van der Waals surface area contributed by atoms with Crippen LogP contribution in [-0.4, -0.2) is 25.8 Å². The summed E-state index contributed by atoms with van der Waals surface area (Å²) in [5.41, 5.74) is 10.7. The number of amides is 1. The Hall–Kier alpha value is -3.58. The van der Waals surface area contributed by atoms with Gasteiger partial charge >= 0.3 is 0 Å². The number of benzene rings is 1. The van der Waals surface area contributed by atoms with Crippen LogP contribution in [0.2, 0.25) is 5.02 Å². The molecule has 1 aromatic carbocycles. The summed E-state index contributed by atoms with van der Waals surface area (Å²) < 4.78 is 0. The average molecular weight is 433 g/mol. The highest BCUT2D eigenvalue weighted by Crippen LogP contribution is 2.19. The zero-order valence-electron chi connectivity index (χ0n) is 17.2. The molecule has 0 aliphatic carbocycles. The van der Waals surface area contributed by atoms with Gasteiger partial charge in [0.05, 0.1) is 10.5 Å². The molecule has 0 radical (unpaired) electrons. The van der Waals surface area contributed by atoms with Crippen molar-refractivity contribution in [2.45, 2.75) is 26.8 Å². The van der Waals surface area contributed by atoms with Crippen LogP contribution in [-0.2, 0) is 13.0 Å². The summed E-state index contributed by atoms with van der Waals surface area (Å²) in [6.07, 6.45) is 3.71. The quantitative estimate of drug-likeness (QED) is 0.496. The minimum absolute atomic E-state index is 0.270. The van der Waals surface area contributed by atoms with Gasteiger partial charge in [-0.05, 0) is 60.9 Å². The molecule has 0 atom stereocenters. The van der Waals surface area contributed by atoms with Gasteiger partial charge in [0.15, 0.2) is 0 Å². The Kier molecular flexibility index (Phi) is 5.77. The zero-order valence-corrected chi connectivity index (χ0v) is 17.9. The van der Waals surface area contributed by atoms with Crippen LogP contribution in [0.5, 0.6) is 0 Å². The van der Waals surface area contributed by atoms with Gasteiger partial charge in [-0.25, -0.2) is 15.0 Å². The number of rotatable bonds is 5. The van der Waals surface area contributed by atoms with Crippen LogP contribution >= 0.6 is 11.6 Å². The van der Waals surface area contributed by atoms with E-state index < -0.39 is 0 Å². The fourth-order valence-corrected chi connectivity index (χ4v) is 3.64. The highest BCUT2D eigenvalue weighted by molar-refractivity contribution is 6.31. The molecular weight excluding hydrogens is 412 g/mol. The standard InChI is InChI=1S/C23H21ClN6O/c1-13-7-21(25)29-14(2)18(13)12-28-23(31)20-5-6-26-22(30-20)9-15-3-4-19-16(8-15)10-17(24)11-27-19/h3-8,10-11H,9,12H2,1-2H3,(H2,25,29)(H,28,31). The second-order valence-electron chi connectivity index (χ2n) is 7.33. The summed E-state index contributed by atoms with van der Waals surface area (Å²) in [4.78, 5) is 30.0. The van der Waals surface area contributed by atoms with E-state index in [2.05, 4.69) is 25.3 Å². The lowest BCUT2D eigenvalue weighted by Gasteiger charge is -2.11. The highest BCUT2D eigenvalue weighted by Gasteiger charge is 2.12. The van der Waals surface area contributed by atoms with Crippen molar-refractivity contribution in [3.8, 4) is 0 Å². The number of aryl methyl sites for hydroxylation is 2. The summed E-state index contributed by atoms with van der Waals surface area (Å²) in [7, 11) is 0. The first-order valence-electron chi connectivity index (χ1n) is 9.76. The third kappa shape index (κ3) is 4.78. The molecule has 4 aromatic rings. The molecule has 156 valence electrons. The molecule has 3 heterocycles. The molecule has 31 heavy (non-hydrogen) atoms. The van der Waals surface area contributed by atoms with E-state index in [0.29, 0.717) is 35.3 Å². The summed E-state index contributed by atoms with van der Waals surface area (Å²) in [5, 5.41) is 4.44. The fourth-order valence-electron chi connectivity index (χ4n) is 3.47. The summed E-state index contributed by atoms with van der Waals surface area (Å²) in [6, 6.07) is 11.2. The number of halogens is 1. The number of fused-ring (bicyclic) bond motifs is 1.